The Balaban J connectivity index is 1.14. The van der Waals surface area contributed by atoms with Crippen molar-refractivity contribution < 1.29 is 9.53 Å². The third-order valence-electron chi connectivity index (χ3n) is 7.35. The Bertz CT molecular complexity index is 1490. The molecule has 7 nitrogen and oxygen atoms in total. The largest absolute Gasteiger partial charge is 0.495 e. The first-order valence-electron chi connectivity index (χ1n) is 13.4. The third kappa shape index (κ3) is 6.29. The normalized spacial score (nSPS) is 14.1. The van der Waals surface area contributed by atoms with E-state index >= 15 is 0 Å². The topological polar surface area (TPSA) is 62.1 Å². The predicted octanol–water partition coefficient (Wildman–Crippen LogP) is 5.95. The number of amides is 1. The number of nitrogens with one attached hydrogen (secondary N) is 1. The molecule has 0 saturated carbocycles. The number of nitrogens with zero attached hydrogens (tertiary/aromatic N) is 4. The summed E-state index contributed by atoms with van der Waals surface area (Å²) < 4.78 is 8.74. The summed E-state index contributed by atoms with van der Waals surface area (Å²) in [6.45, 7) is 8.81. The number of hydrazone groups is 1. The Kier molecular flexibility index (Phi) is 8.67. The smallest absolute Gasteiger partial charge is 0.271 e. The van der Waals surface area contributed by atoms with E-state index in [2.05, 4.69) is 85.0 Å². The number of hydrogen-bond acceptors (Lipinski definition) is 5. The first-order valence-corrected chi connectivity index (χ1v) is 14.2. The van der Waals surface area contributed by atoms with Crippen molar-refractivity contribution in [1.29, 1.82) is 0 Å². The number of methoxy groups -OCH3 is 1. The van der Waals surface area contributed by atoms with Gasteiger partial charge in [0, 0.05) is 65.4 Å². The van der Waals surface area contributed by atoms with Gasteiger partial charge in [-0.25, -0.2) is 5.43 Å². The number of ether oxygens (including phenoxy) is 1. The maximum Gasteiger partial charge on any atom is 0.271 e. The fraction of sp³-hybridized carbons (Fsp3) is 0.250. The molecule has 0 bridgehead atoms. The number of anilines is 1. The van der Waals surface area contributed by atoms with Crippen LogP contribution in [0.5, 0.6) is 5.75 Å². The van der Waals surface area contributed by atoms with E-state index in [1.165, 1.54) is 5.56 Å². The van der Waals surface area contributed by atoms with Crippen molar-refractivity contribution in [2.24, 2.45) is 5.10 Å². The van der Waals surface area contributed by atoms with E-state index in [9.17, 15) is 4.79 Å². The Morgan fingerprint density at radius 1 is 0.975 bits per heavy atom. The number of para-hydroxylation sites is 2. The SMILES string of the molecule is COc1ccccc1N1CCN(Cc2ccc(C(=O)N/N=C/c3cc(C)n(-c4ccc(Br)cc4)c3C)cc2)CC1. The lowest BCUT2D eigenvalue weighted by atomic mass is 10.1. The quantitative estimate of drug-likeness (QED) is 0.201. The van der Waals surface area contributed by atoms with Crippen LogP contribution >= 0.6 is 15.9 Å². The molecule has 0 atom stereocenters. The lowest BCUT2D eigenvalue weighted by molar-refractivity contribution is 0.0955. The zero-order valence-electron chi connectivity index (χ0n) is 23.1. The molecule has 206 valence electrons. The van der Waals surface area contributed by atoms with Crippen LogP contribution in [0, 0.1) is 13.8 Å². The molecule has 40 heavy (non-hydrogen) atoms. The van der Waals surface area contributed by atoms with Crippen LogP contribution in [-0.2, 0) is 6.54 Å². The summed E-state index contributed by atoms with van der Waals surface area (Å²) in [5, 5.41) is 4.23. The minimum atomic E-state index is -0.227. The molecule has 3 aromatic carbocycles. The Hall–Kier alpha value is -3.88. The summed E-state index contributed by atoms with van der Waals surface area (Å²) in [7, 11) is 1.72. The van der Waals surface area contributed by atoms with Crippen LogP contribution in [-0.4, -0.2) is 54.9 Å². The molecule has 1 aromatic heterocycles. The molecule has 8 heteroatoms. The summed E-state index contributed by atoms with van der Waals surface area (Å²) in [5.74, 6) is 0.688. The molecule has 2 heterocycles. The summed E-state index contributed by atoms with van der Waals surface area (Å²) in [6, 6.07) is 26.2. The third-order valence-corrected chi connectivity index (χ3v) is 7.87. The second-order valence-electron chi connectivity index (χ2n) is 9.97. The van der Waals surface area contributed by atoms with Gasteiger partial charge in [0.2, 0.25) is 0 Å². The minimum Gasteiger partial charge on any atom is -0.495 e. The van der Waals surface area contributed by atoms with E-state index < -0.39 is 0 Å². The van der Waals surface area contributed by atoms with E-state index in [0.29, 0.717) is 5.56 Å². The lowest BCUT2D eigenvalue weighted by Crippen LogP contribution is -2.46. The second-order valence-corrected chi connectivity index (χ2v) is 10.9. The van der Waals surface area contributed by atoms with Crippen molar-refractivity contribution in [3.05, 3.63) is 111 Å². The first kappa shape index (κ1) is 27.7. The molecule has 1 aliphatic heterocycles. The van der Waals surface area contributed by atoms with Crippen LogP contribution in [0.4, 0.5) is 5.69 Å². The molecular weight excluding hydrogens is 566 g/mol. The van der Waals surface area contributed by atoms with Crippen molar-refractivity contribution in [3.63, 3.8) is 0 Å². The number of aromatic nitrogens is 1. The van der Waals surface area contributed by atoms with Crippen molar-refractivity contribution in [2.45, 2.75) is 20.4 Å². The number of hydrogen-bond donors (Lipinski definition) is 1. The van der Waals surface area contributed by atoms with E-state index in [0.717, 1.165) is 71.3 Å². The molecule has 1 aliphatic rings. The van der Waals surface area contributed by atoms with E-state index in [1.54, 1.807) is 13.3 Å². The zero-order chi connectivity index (χ0) is 28.1. The predicted molar refractivity (Wildman–Crippen MR) is 165 cm³/mol. The van der Waals surface area contributed by atoms with Gasteiger partial charge in [-0.1, -0.05) is 40.2 Å². The molecule has 5 rings (SSSR count). The first-order chi connectivity index (χ1) is 19.4. The molecule has 0 unspecified atom stereocenters. The lowest BCUT2D eigenvalue weighted by Gasteiger charge is -2.36. The van der Waals surface area contributed by atoms with Crippen LogP contribution < -0.4 is 15.1 Å². The van der Waals surface area contributed by atoms with Crippen LogP contribution in [0.15, 0.2) is 88.4 Å². The van der Waals surface area contributed by atoms with Crippen LogP contribution in [0.2, 0.25) is 0 Å². The highest BCUT2D eigenvalue weighted by atomic mass is 79.9. The van der Waals surface area contributed by atoms with Gasteiger partial charge >= 0.3 is 0 Å². The summed E-state index contributed by atoms with van der Waals surface area (Å²) >= 11 is 3.49. The molecule has 1 amide bonds. The van der Waals surface area contributed by atoms with Gasteiger partial charge in [0.05, 0.1) is 19.0 Å². The van der Waals surface area contributed by atoms with Crippen molar-refractivity contribution in [3.8, 4) is 11.4 Å². The van der Waals surface area contributed by atoms with Crippen LogP contribution in [0.3, 0.4) is 0 Å². The second kappa shape index (κ2) is 12.5. The molecule has 1 fully saturated rings. The maximum atomic E-state index is 12.7. The highest BCUT2D eigenvalue weighted by Gasteiger charge is 2.19. The monoisotopic (exact) mass is 599 g/mol. The average molecular weight is 601 g/mol. The number of carbonyl (C=O) groups is 1. The van der Waals surface area contributed by atoms with Gasteiger partial charge in [-0.3, -0.25) is 9.69 Å². The van der Waals surface area contributed by atoms with Gasteiger partial charge in [0.25, 0.3) is 5.91 Å². The Labute approximate surface area is 244 Å². The van der Waals surface area contributed by atoms with Gasteiger partial charge < -0.3 is 14.2 Å². The van der Waals surface area contributed by atoms with E-state index in [4.69, 9.17) is 4.74 Å². The molecule has 0 aliphatic carbocycles. The van der Waals surface area contributed by atoms with Gasteiger partial charge in [0.15, 0.2) is 0 Å². The van der Waals surface area contributed by atoms with E-state index in [1.807, 2.05) is 48.5 Å². The number of aryl methyl sites for hydroxylation is 1. The summed E-state index contributed by atoms with van der Waals surface area (Å²) in [4.78, 5) is 17.5. The standard InChI is InChI=1S/C32H34BrN5O2/c1-23-20-27(24(2)38(23)29-14-12-28(33)13-15-29)21-34-35-32(39)26-10-8-25(9-11-26)22-36-16-18-37(19-17-36)30-6-4-5-7-31(30)40-3/h4-15,20-21H,16-19,22H2,1-3H3,(H,35,39)/b34-21+. The average Bonchev–Trinajstić information content (AvgIpc) is 3.26. The van der Waals surface area contributed by atoms with Gasteiger partial charge in [0.1, 0.15) is 5.75 Å². The van der Waals surface area contributed by atoms with Crippen LogP contribution in [0.25, 0.3) is 5.69 Å². The summed E-state index contributed by atoms with van der Waals surface area (Å²) in [6.07, 6.45) is 1.70. The van der Waals surface area contributed by atoms with Gasteiger partial charge in [-0.15, -0.1) is 0 Å². The Morgan fingerprint density at radius 3 is 2.38 bits per heavy atom. The number of carbonyl (C=O) groups excluding carboxylic acids is 1. The summed E-state index contributed by atoms with van der Waals surface area (Å²) in [5.41, 5.74) is 9.80. The molecule has 0 spiro atoms. The van der Waals surface area contributed by atoms with Crippen molar-refractivity contribution in [1.82, 2.24) is 14.9 Å². The zero-order valence-corrected chi connectivity index (χ0v) is 24.7. The number of benzene rings is 3. The van der Waals surface area contributed by atoms with Gasteiger partial charge in [-0.2, -0.15) is 5.10 Å². The molecule has 1 saturated heterocycles. The molecule has 1 N–H and O–H groups in total. The molecular formula is C32H34BrN5O2. The molecule has 0 radical (unpaired) electrons. The van der Waals surface area contributed by atoms with Crippen LogP contribution in [0.1, 0.15) is 32.9 Å². The van der Waals surface area contributed by atoms with Gasteiger partial charge in [-0.05, 0) is 74.0 Å². The number of halogens is 1. The fourth-order valence-corrected chi connectivity index (χ4v) is 5.45. The minimum absolute atomic E-state index is 0.227. The van der Waals surface area contributed by atoms with Crippen molar-refractivity contribution >= 4 is 33.7 Å². The highest BCUT2D eigenvalue weighted by Crippen LogP contribution is 2.28. The fourth-order valence-electron chi connectivity index (χ4n) is 5.19. The van der Waals surface area contributed by atoms with E-state index in [-0.39, 0.29) is 5.91 Å². The highest BCUT2D eigenvalue weighted by molar-refractivity contribution is 9.10. The van der Waals surface area contributed by atoms with Crippen molar-refractivity contribution in [2.75, 3.05) is 38.2 Å². The Morgan fingerprint density at radius 2 is 1.68 bits per heavy atom. The molecule has 4 aromatic rings. The number of rotatable bonds is 8. The number of piperazine rings is 1. The maximum absolute atomic E-state index is 12.7.